The third kappa shape index (κ3) is 3.27. The number of amides is 1. The fraction of sp³-hybridized carbons (Fsp3) is 0.588. The summed E-state index contributed by atoms with van der Waals surface area (Å²) < 4.78 is 5.35. The minimum absolute atomic E-state index is 0.152. The van der Waals surface area contributed by atoms with E-state index in [9.17, 15) is 4.79 Å². The van der Waals surface area contributed by atoms with E-state index in [-0.39, 0.29) is 17.9 Å². The molecule has 4 nitrogen and oxygen atoms in total. The largest absolute Gasteiger partial charge is 0.379 e. The van der Waals surface area contributed by atoms with Crippen LogP contribution in [-0.2, 0) is 22.5 Å². The van der Waals surface area contributed by atoms with Gasteiger partial charge in [-0.25, -0.2) is 0 Å². The van der Waals surface area contributed by atoms with Crippen molar-refractivity contribution in [1.82, 2.24) is 4.90 Å². The first-order chi connectivity index (χ1) is 10.2. The number of aryl methyl sites for hydroxylation is 1. The van der Waals surface area contributed by atoms with Crippen molar-refractivity contribution in [2.24, 2.45) is 11.7 Å². The molecule has 1 aromatic rings. The smallest absolute Gasteiger partial charge is 0.230 e. The predicted octanol–water partition coefficient (Wildman–Crippen LogP) is 1.71. The molecule has 1 heterocycles. The Morgan fingerprint density at radius 3 is 2.43 bits per heavy atom. The Bertz CT molecular complexity index is 496. The molecular formula is C17H24N2O2. The average Bonchev–Trinajstić information content (AvgIpc) is 3.26. The Morgan fingerprint density at radius 1 is 1.24 bits per heavy atom. The molecule has 1 saturated carbocycles. The summed E-state index contributed by atoms with van der Waals surface area (Å²) in [5.74, 6) is 0.00239. The van der Waals surface area contributed by atoms with Gasteiger partial charge < -0.3 is 15.4 Å². The first-order valence-corrected chi connectivity index (χ1v) is 7.90. The van der Waals surface area contributed by atoms with Crippen molar-refractivity contribution < 1.29 is 9.53 Å². The average molecular weight is 288 g/mol. The number of ether oxygens (including phenoxy) is 1. The van der Waals surface area contributed by atoms with Crippen molar-refractivity contribution in [2.75, 3.05) is 13.2 Å². The molecule has 2 atom stereocenters. The Kier molecular flexibility index (Phi) is 4.27. The van der Waals surface area contributed by atoms with Crippen molar-refractivity contribution in [2.45, 2.75) is 44.8 Å². The summed E-state index contributed by atoms with van der Waals surface area (Å²) in [6.45, 7) is 3.81. The van der Waals surface area contributed by atoms with Crippen LogP contribution in [0.1, 0.15) is 30.9 Å². The molecule has 1 aliphatic heterocycles. The summed E-state index contributed by atoms with van der Waals surface area (Å²) >= 11 is 0. The van der Waals surface area contributed by atoms with Gasteiger partial charge in [0.25, 0.3) is 0 Å². The predicted molar refractivity (Wildman–Crippen MR) is 81.7 cm³/mol. The second kappa shape index (κ2) is 6.16. The van der Waals surface area contributed by atoms with E-state index in [2.05, 4.69) is 31.2 Å². The quantitative estimate of drug-likeness (QED) is 0.897. The fourth-order valence-corrected chi connectivity index (χ4v) is 2.89. The standard InChI is InChI=1S/C17H24N2O2/c1-2-12-3-5-13(6-4-12)9-19(14-7-8-14)17(20)15-10-21-11-16(15)18/h3-6,14-16H,2,7-11,18H2,1H3. The van der Waals surface area contributed by atoms with Crippen molar-refractivity contribution >= 4 is 5.91 Å². The van der Waals surface area contributed by atoms with E-state index in [4.69, 9.17) is 10.5 Å². The molecule has 2 N–H and O–H groups in total. The monoisotopic (exact) mass is 288 g/mol. The molecule has 2 unspecified atom stereocenters. The Morgan fingerprint density at radius 2 is 1.90 bits per heavy atom. The summed E-state index contributed by atoms with van der Waals surface area (Å²) in [7, 11) is 0. The van der Waals surface area contributed by atoms with Crippen LogP contribution in [0.15, 0.2) is 24.3 Å². The lowest BCUT2D eigenvalue weighted by molar-refractivity contribution is -0.137. The Hall–Kier alpha value is -1.39. The van der Waals surface area contributed by atoms with Crippen LogP contribution in [0.2, 0.25) is 0 Å². The first kappa shape index (κ1) is 14.5. The molecule has 1 aromatic carbocycles. The van der Waals surface area contributed by atoms with Crippen LogP contribution in [-0.4, -0.2) is 36.1 Å². The van der Waals surface area contributed by atoms with Gasteiger partial charge in [0.15, 0.2) is 0 Å². The van der Waals surface area contributed by atoms with Gasteiger partial charge in [-0.2, -0.15) is 0 Å². The maximum atomic E-state index is 12.7. The van der Waals surface area contributed by atoms with Crippen LogP contribution in [0.3, 0.4) is 0 Å². The highest BCUT2D eigenvalue weighted by Crippen LogP contribution is 2.31. The van der Waals surface area contributed by atoms with Gasteiger partial charge >= 0.3 is 0 Å². The van der Waals surface area contributed by atoms with Gasteiger partial charge in [-0.1, -0.05) is 31.2 Å². The topological polar surface area (TPSA) is 55.6 Å². The highest BCUT2D eigenvalue weighted by Gasteiger charge is 2.40. The van der Waals surface area contributed by atoms with Crippen molar-refractivity contribution in [3.05, 3.63) is 35.4 Å². The molecule has 2 aliphatic rings. The van der Waals surface area contributed by atoms with Gasteiger partial charge in [0.2, 0.25) is 5.91 Å². The number of hydrogen-bond donors (Lipinski definition) is 1. The second-order valence-electron chi connectivity index (χ2n) is 6.18. The number of rotatable bonds is 5. The first-order valence-electron chi connectivity index (χ1n) is 7.90. The molecule has 114 valence electrons. The van der Waals surface area contributed by atoms with Gasteiger partial charge in [0.1, 0.15) is 0 Å². The number of carbonyl (C=O) groups excluding carboxylic acids is 1. The summed E-state index contributed by atoms with van der Waals surface area (Å²) in [6, 6.07) is 8.81. The third-order valence-electron chi connectivity index (χ3n) is 4.50. The van der Waals surface area contributed by atoms with Gasteiger partial charge in [0.05, 0.1) is 19.1 Å². The zero-order valence-corrected chi connectivity index (χ0v) is 12.6. The molecule has 0 spiro atoms. The SMILES string of the molecule is CCc1ccc(CN(C(=O)C2COCC2N)C2CC2)cc1. The number of carbonyl (C=O) groups is 1. The van der Waals surface area contributed by atoms with Crippen LogP contribution in [0, 0.1) is 5.92 Å². The highest BCUT2D eigenvalue weighted by atomic mass is 16.5. The lowest BCUT2D eigenvalue weighted by Gasteiger charge is -2.26. The normalized spacial score (nSPS) is 25.0. The maximum Gasteiger partial charge on any atom is 0.230 e. The lowest BCUT2D eigenvalue weighted by atomic mass is 10.0. The van der Waals surface area contributed by atoms with E-state index in [0.717, 1.165) is 19.3 Å². The third-order valence-corrected chi connectivity index (χ3v) is 4.50. The van der Waals surface area contributed by atoms with Gasteiger partial charge in [-0.05, 0) is 30.4 Å². The molecule has 4 heteroatoms. The van der Waals surface area contributed by atoms with E-state index in [0.29, 0.717) is 25.8 Å². The second-order valence-corrected chi connectivity index (χ2v) is 6.18. The molecule has 2 fully saturated rings. The zero-order chi connectivity index (χ0) is 14.8. The minimum Gasteiger partial charge on any atom is -0.379 e. The number of nitrogens with two attached hydrogens (primary N) is 1. The van der Waals surface area contributed by atoms with Gasteiger partial charge in [-0.3, -0.25) is 4.79 Å². The molecule has 0 bridgehead atoms. The van der Waals surface area contributed by atoms with Gasteiger partial charge in [0, 0.05) is 18.6 Å². The molecule has 1 amide bonds. The van der Waals surface area contributed by atoms with Crippen LogP contribution in [0.4, 0.5) is 0 Å². The van der Waals surface area contributed by atoms with E-state index in [1.807, 2.05) is 4.90 Å². The minimum atomic E-state index is -0.166. The van der Waals surface area contributed by atoms with E-state index in [1.165, 1.54) is 11.1 Å². The van der Waals surface area contributed by atoms with Crippen LogP contribution >= 0.6 is 0 Å². The summed E-state index contributed by atoms with van der Waals surface area (Å²) in [4.78, 5) is 14.7. The highest BCUT2D eigenvalue weighted by molar-refractivity contribution is 5.80. The molecule has 1 saturated heterocycles. The van der Waals surface area contributed by atoms with E-state index in [1.54, 1.807) is 0 Å². The summed E-state index contributed by atoms with van der Waals surface area (Å²) in [5.41, 5.74) is 8.52. The van der Waals surface area contributed by atoms with E-state index < -0.39 is 0 Å². The van der Waals surface area contributed by atoms with Crippen LogP contribution in [0.25, 0.3) is 0 Å². The Labute approximate surface area is 126 Å². The fourth-order valence-electron chi connectivity index (χ4n) is 2.89. The van der Waals surface area contributed by atoms with Crippen molar-refractivity contribution in [3.8, 4) is 0 Å². The molecule has 1 aliphatic carbocycles. The van der Waals surface area contributed by atoms with Crippen molar-refractivity contribution in [3.63, 3.8) is 0 Å². The number of nitrogens with zero attached hydrogens (tertiary/aromatic N) is 1. The molecule has 0 radical (unpaired) electrons. The summed E-state index contributed by atoms with van der Waals surface area (Å²) in [6.07, 6.45) is 3.27. The molecule has 21 heavy (non-hydrogen) atoms. The Balaban J connectivity index is 1.70. The lowest BCUT2D eigenvalue weighted by Crippen LogP contribution is -2.44. The maximum absolute atomic E-state index is 12.7. The summed E-state index contributed by atoms with van der Waals surface area (Å²) in [5, 5.41) is 0. The van der Waals surface area contributed by atoms with Gasteiger partial charge in [-0.15, -0.1) is 0 Å². The zero-order valence-electron chi connectivity index (χ0n) is 12.6. The number of benzene rings is 1. The van der Waals surface area contributed by atoms with Crippen LogP contribution in [0.5, 0.6) is 0 Å². The van der Waals surface area contributed by atoms with Crippen molar-refractivity contribution in [1.29, 1.82) is 0 Å². The molecular weight excluding hydrogens is 264 g/mol. The van der Waals surface area contributed by atoms with Crippen LogP contribution < -0.4 is 5.73 Å². The number of hydrogen-bond acceptors (Lipinski definition) is 3. The molecule has 3 rings (SSSR count). The molecule has 0 aromatic heterocycles. The van der Waals surface area contributed by atoms with E-state index >= 15 is 0 Å².